The first kappa shape index (κ1) is 12.4. The van der Waals surface area contributed by atoms with Crippen molar-refractivity contribution >= 4 is 22.1 Å². The van der Waals surface area contributed by atoms with Crippen LogP contribution in [-0.2, 0) is 9.47 Å². The van der Waals surface area contributed by atoms with Gasteiger partial charge >= 0.3 is 0 Å². The molecule has 0 saturated heterocycles. The Morgan fingerprint density at radius 2 is 2.13 bits per heavy atom. The van der Waals surface area contributed by atoms with E-state index in [0.29, 0.717) is 6.54 Å². The maximum atomic E-state index is 5.02. The lowest BCUT2D eigenvalue weighted by Crippen LogP contribution is -2.16. The van der Waals surface area contributed by atoms with E-state index in [4.69, 9.17) is 9.47 Å². The number of nitrogens with zero attached hydrogens (tertiary/aromatic N) is 1. The maximum absolute atomic E-state index is 5.02. The number of hydrogen-bond acceptors (Lipinski definition) is 3. The van der Waals surface area contributed by atoms with Gasteiger partial charge in [0, 0.05) is 24.9 Å². The first-order valence-corrected chi connectivity index (χ1v) is 5.36. The minimum absolute atomic E-state index is 0.270. The molecule has 0 fully saturated rings. The van der Waals surface area contributed by atoms with Gasteiger partial charge in [-0.15, -0.1) is 0 Å². The Kier molecular flexibility index (Phi) is 5.53. The van der Waals surface area contributed by atoms with Crippen molar-refractivity contribution in [1.82, 2.24) is 0 Å². The van der Waals surface area contributed by atoms with Crippen LogP contribution in [0.4, 0.5) is 0 Å². The molecule has 0 aliphatic carbocycles. The summed E-state index contributed by atoms with van der Waals surface area (Å²) in [6.45, 7) is 0.500. The van der Waals surface area contributed by atoms with Gasteiger partial charge in [-0.3, -0.25) is 4.99 Å². The Labute approximate surface area is 98.2 Å². The van der Waals surface area contributed by atoms with Crippen LogP contribution in [0.1, 0.15) is 5.56 Å². The van der Waals surface area contributed by atoms with Gasteiger partial charge < -0.3 is 9.47 Å². The van der Waals surface area contributed by atoms with Crippen LogP contribution >= 0.6 is 15.9 Å². The molecule has 0 atom stereocenters. The molecule has 0 N–H and O–H groups in total. The highest BCUT2D eigenvalue weighted by atomic mass is 79.9. The molecule has 1 aromatic rings. The van der Waals surface area contributed by atoms with E-state index in [2.05, 4.69) is 20.9 Å². The van der Waals surface area contributed by atoms with Crippen molar-refractivity contribution in [1.29, 1.82) is 0 Å². The highest BCUT2D eigenvalue weighted by molar-refractivity contribution is 9.10. The zero-order valence-electron chi connectivity index (χ0n) is 8.81. The van der Waals surface area contributed by atoms with Crippen molar-refractivity contribution in [3.63, 3.8) is 0 Å². The molecule has 0 aliphatic heterocycles. The standard InChI is InChI=1S/C11H14BrNO2/c1-14-11(15-2)8-13-7-9-4-3-5-10(12)6-9/h3-7,11H,8H2,1-2H3. The van der Waals surface area contributed by atoms with Crippen molar-refractivity contribution < 1.29 is 9.47 Å². The zero-order chi connectivity index (χ0) is 11.1. The van der Waals surface area contributed by atoms with Gasteiger partial charge in [-0.2, -0.15) is 0 Å². The molecule has 1 rings (SSSR count). The van der Waals surface area contributed by atoms with Gasteiger partial charge in [0.05, 0.1) is 6.54 Å². The first-order chi connectivity index (χ1) is 7.26. The van der Waals surface area contributed by atoms with E-state index in [1.54, 1.807) is 20.4 Å². The summed E-state index contributed by atoms with van der Waals surface area (Å²) in [6.07, 6.45) is 1.53. The Bertz CT molecular complexity index is 324. The Hall–Kier alpha value is -0.710. The van der Waals surface area contributed by atoms with Crippen LogP contribution < -0.4 is 0 Å². The average molecular weight is 272 g/mol. The molecule has 0 bridgehead atoms. The highest BCUT2D eigenvalue weighted by Gasteiger charge is 2.01. The fraction of sp³-hybridized carbons (Fsp3) is 0.364. The third kappa shape index (κ3) is 4.55. The van der Waals surface area contributed by atoms with Gasteiger partial charge in [0.15, 0.2) is 6.29 Å². The van der Waals surface area contributed by atoms with Crippen molar-refractivity contribution in [3.05, 3.63) is 34.3 Å². The summed E-state index contributed by atoms with van der Waals surface area (Å²) in [5.41, 5.74) is 1.05. The molecule has 82 valence electrons. The SMILES string of the molecule is COC(CN=Cc1cccc(Br)c1)OC. The molecule has 4 heteroatoms. The zero-order valence-corrected chi connectivity index (χ0v) is 10.4. The van der Waals surface area contributed by atoms with Crippen molar-refractivity contribution in [2.75, 3.05) is 20.8 Å². The van der Waals surface area contributed by atoms with Crippen molar-refractivity contribution in [2.45, 2.75) is 6.29 Å². The van der Waals surface area contributed by atoms with Crippen molar-refractivity contribution in [3.8, 4) is 0 Å². The monoisotopic (exact) mass is 271 g/mol. The van der Waals surface area contributed by atoms with E-state index < -0.39 is 0 Å². The molecule has 1 aromatic carbocycles. The normalized spacial score (nSPS) is 11.5. The third-order valence-corrected chi connectivity index (χ3v) is 2.36. The summed E-state index contributed by atoms with van der Waals surface area (Å²) in [5.74, 6) is 0. The van der Waals surface area contributed by atoms with E-state index in [0.717, 1.165) is 10.0 Å². The van der Waals surface area contributed by atoms with E-state index in [-0.39, 0.29) is 6.29 Å². The van der Waals surface area contributed by atoms with Crippen LogP contribution in [0.3, 0.4) is 0 Å². The number of ether oxygens (including phenoxy) is 2. The number of benzene rings is 1. The fourth-order valence-electron chi connectivity index (χ4n) is 1.08. The maximum Gasteiger partial charge on any atom is 0.176 e. The van der Waals surface area contributed by atoms with Gasteiger partial charge in [0.25, 0.3) is 0 Å². The van der Waals surface area contributed by atoms with Crippen LogP contribution in [0, 0.1) is 0 Å². The van der Waals surface area contributed by atoms with Crippen LogP contribution in [0.2, 0.25) is 0 Å². The molecule has 0 heterocycles. The van der Waals surface area contributed by atoms with Crippen molar-refractivity contribution in [2.24, 2.45) is 4.99 Å². The Morgan fingerprint density at radius 1 is 1.40 bits per heavy atom. The van der Waals surface area contributed by atoms with E-state index >= 15 is 0 Å². The van der Waals surface area contributed by atoms with E-state index in [1.807, 2.05) is 24.3 Å². The van der Waals surface area contributed by atoms with E-state index in [1.165, 1.54) is 0 Å². The molecule has 0 amide bonds. The second-order valence-corrected chi connectivity index (χ2v) is 3.87. The molecule has 0 saturated carbocycles. The summed E-state index contributed by atoms with van der Waals surface area (Å²) >= 11 is 3.40. The number of hydrogen-bond donors (Lipinski definition) is 0. The summed E-state index contributed by atoms with van der Waals surface area (Å²) in [5, 5.41) is 0. The van der Waals surface area contributed by atoms with Crippen LogP contribution in [0.5, 0.6) is 0 Å². The Balaban J connectivity index is 2.50. The summed E-state index contributed by atoms with van der Waals surface area (Å²) < 4.78 is 11.1. The second kappa shape index (κ2) is 6.71. The smallest absolute Gasteiger partial charge is 0.176 e. The molecule has 3 nitrogen and oxygen atoms in total. The number of methoxy groups -OCH3 is 2. The topological polar surface area (TPSA) is 30.8 Å². The summed E-state index contributed by atoms with van der Waals surface area (Å²) in [4.78, 5) is 4.23. The molecule has 0 unspecified atom stereocenters. The van der Waals surface area contributed by atoms with Crippen LogP contribution in [0.25, 0.3) is 0 Å². The lowest BCUT2D eigenvalue weighted by Gasteiger charge is -2.09. The van der Waals surface area contributed by atoms with Gasteiger partial charge in [-0.05, 0) is 17.7 Å². The largest absolute Gasteiger partial charge is 0.354 e. The third-order valence-electron chi connectivity index (χ3n) is 1.87. The number of aliphatic imine (C=N–C) groups is 1. The van der Waals surface area contributed by atoms with Crippen LogP contribution in [0.15, 0.2) is 33.7 Å². The lowest BCUT2D eigenvalue weighted by atomic mass is 10.2. The highest BCUT2D eigenvalue weighted by Crippen LogP contribution is 2.09. The van der Waals surface area contributed by atoms with Gasteiger partial charge in [0.2, 0.25) is 0 Å². The molecule has 0 aromatic heterocycles. The number of halogens is 1. The molecule has 0 radical (unpaired) electrons. The molecule has 0 aliphatic rings. The minimum Gasteiger partial charge on any atom is -0.354 e. The fourth-order valence-corrected chi connectivity index (χ4v) is 1.49. The predicted octanol–water partition coefficient (Wildman–Crippen LogP) is 2.49. The van der Waals surface area contributed by atoms with Gasteiger partial charge in [-0.25, -0.2) is 0 Å². The molecule has 15 heavy (non-hydrogen) atoms. The van der Waals surface area contributed by atoms with E-state index in [9.17, 15) is 0 Å². The summed E-state index contributed by atoms with van der Waals surface area (Å²) in [7, 11) is 3.20. The number of rotatable bonds is 5. The molecular formula is C11H14BrNO2. The van der Waals surface area contributed by atoms with Gasteiger partial charge in [-0.1, -0.05) is 28.1 Å². The Morgan fingerprint density at radius 3 is 2.73 bits per heavy atom. The average Bonchev–Trinajstić information content (AvgIpc) is 2.25. The molecule has 0 spiro atoms. The lowest BCUT2D eigenvalue weighted by molar-refractivity contribution is -0.0936. The second-order valence-electron chi connectivity index (χ2n) is 2.95. The predicted molar refractivity (Wildman–Crippen MR) is 64.4 cm³/mol. The molecular weight excluding hydrogens is 258 g/mol. The van der Waals surface area contributed by atoms with Crippen LogP contribution in [-0.4, -0.2) is 33.3 Å². The minimum atomic E-state index is -0.270. The van der Waals surface area contributed by atoms with Gasteiger partial charge in [0.1, 0.15) is 0 Å². The summed E-state index contributed by atoms with van der Waals surface area (Å²) in [6, 6.07) is 7.93. The first-order valence-electron chi connectivity index (χ1n) is 4.57. The quantitative estimate of drug-likeness (QED) is 0.609.